The van der Waals surface area contributed by atoms with Crippen LogP contribution < -0.4 is 15.4 Å². The molecule has 108 valence electrons. The van der Waals surface area contributed by atoms with Crippen LogP contribution in [0.4, 0.5) is 11.9 Å². The van der Waals surface area contributed by atoms with Crippen molar-refractivity contribution in [2.75, 3.05) is 30.8 Å². The van der Waals surface area contributed by atoms with Gasteiger partial charge in [-0.15, -0.1) is 0 Å². The molecule has 0 radical (unpaired) electrons. The van der Waals surface area contributed by atoms with Crippen molar-refractivity contribution in [3.8, 4) is 6.01 Å². The topological polar surface area (TPSA) is 72.0 Å². The van der Waals surface area contributed by atoms with Crippen LogP contribution in [-0.4, -0.2) is 35.2 Å². The number of hydrogen-bond donors (Lipinski definition) is 2. The average molecular weight is 267 g/mol. The van der Waals surface area contributed by atoms with E-state index in [1.807, 2.05) is 6.92 Å². The lowest BCUT2D eigenvalue weighted by Crippen LogP contribution is -2.25. The van der Waals surface area contributed by atoms with Gasteiger partial charge in [0.15, 0.2) is 0 Å². The second kappa shape index (κ2) is 6.54. The molecule has 6 heteroatoms. The van der Waals surface area contributed by atoms with Gasteiger partial charge in [-0.3, -0.25) is 0 Å². The van der Waals surface area contributed by atoms with Crippen LogP contribution in [0.15, 0.2) is 0 Å². The van der Waals surface area contributed by atoms with Gasteiger partial charge in [-0.2, -0.15) is 15.0 Å². The average Bonchev–Trinajstić information content (AvgIpc) is 2.34. The molecule has 0 amide bonds. The first-order chi connectivity index (χ1) is 8.86. The van der Waals surface area contributed by atoms with E-state index in [0.29, 0.717) is 30.4 Å². The molecule has 0 aliphatic rings. The summed E-state index contributed by atoms with van der Waals surface area (Å²) in [6.45, 7) is 12.1. The standard InChI is InChI=1S/C13H25N5O/c1-7-19-12-17-10(14-6)16-11(18-12)15-8-9(2)13(3,4)5/h9H,7-8H2,1-6H3,(H2,14,15,16,17,18). The zero-order valence-corrected chi connectivity index (χ0v) is 12.7. The highest BCUT2D eigenvalue weighted by Gasteiger charge is 2.20. The minimum absolute atomic E-state index is 0.245. The van der Waals surface area contributed by atoms with Crippen molar-refractivity contribution in [2.24, 2.45) is 11.3 Å². The summed E-state index contributed by atoms with van der Waals surface area (Å²) in [6.07, 6.45) is 0. The van der Waals surface area contributed by atoms with Crippen LogP contribution in [0.2, 0.25) is 0 Å². The van der Waals surface area contributed by atoms with E-state index in [0.717, 1.165) is 6.54 Å². The van der Waals surface area contributed by atoms with Gasteiger partial charge in [0.2, 0.25) is 11.9 Å². The fraction of sp³-hybridized carbons (Fsp3) is 0.769. The summed E-state index contributed by atoms with van der Waals surface area (Å²) in [7, 11) is 1.77. The number of aromatic nitrogens is 3. The maximum absolute atomic E-state index is 5.32. The number of rotatable bonds is 6. The highest BCUT2D eigenvalue weighted by Crippen LogP contribution is 2.25. The molecule has 1 rings (SSSR count). The van der Waals surface area contributed by atoms with Crippen molar-refractivity contribution in [3.05, 3.63) is 0 Å². The van der Waals surface area contributed by atoms with Crippen molar-refractivity contribution >= 4 is 11.9 Å². The highest BCUT2D eigenvalue weighted by atomic mass is 16.5. The Morgan fingerprint density at radius 3 is 2.32 bits per heavy atom. The van der Waals surface area contributed by atoms with Crippen LogP contribution in [-0.2, 0) is 0 Å². The third-order valence-electron chi connectivity index (χ3n) is 3.16. The molecular formula is C13H25N5O. The Morgan fingerprint density at radius 1 is 1.16 bits per heavy atom. The lowest BCUT2D eigenvalue weighted by molar-refractivity contribution is 0.274. The molecule has 0 bridgehead atoms. The van der Waals surface area contributed by atoms with E-state index in [1.165, 1.54) is 0 Å². The van der Waals surface area contributed by atoms with Crippen molar-refractivity contribution in [1.82, 2.24) is 15.0 Å². The van der Waals surface area contributed by atoms with Gasteiger partial charge in [0, 0.05) is 13.6 Å². The van der Waals surface area contributed by atoms with Crippen LogP contribution in [0.25, 0.3) is 0 Å². The Morgan fingerprint density at radius 2 is 1.79 bits per heavy atom. The Kier molecular flexibility index (Phi) is 5.32. The van der Waals surface area contributed by atoms with Crippen LogP contribution in [0, 0.1) is 11.3 Å². The molecule has 0 fully saturated rings. The molecule has 1 aromatic heterocycles. The quantitative estimate of drug-likeness (QED) is 0.824. The zero-order valence-electron chi connectivity index (χ0n) is 12.7. The number of anilines is 2. The SMILES string of the molecule is CCOc1nc(NC)nc(NCC(C)C(C)(C)C)n1. The molecule has 0 spiro atoms. The predicted octanol–water partition coefficient (Wildman–Crippen LogP) is 2.41. The summed E-state index contributed by atoms with van der Waals surface area (Å²) < 4.78 is 5.32. The molecule has 0 aromatic carbocycles. The van der Waals surface area contributed by atoms with Gasteiger partial charge in [-0.25, -0.2) is 0 Å². The largest absolute Gasteiger partial charge is 0.464 e. The zero-order chi connectivity index (χ0) is 14.5. The third-order valence-corrected chi connectivity index (χ3v) is 3.16. The minimum Gasteiger partial charge on any atom is -0.464 e. The van der Waals surface area contributed by atoms with Gasteiger partial charge in [-0.1, -0.05) is 27.7 Å². The second-order valence-electron chi connectivity index (χ2n) is 5.60. The van der Waals surface area contributed by atoms with Crippen LogP contribution in [0.1, 0.15) is 34.6 Å². The maximum Gasteiger partial charge on any atom is 0.323 e. The molecular weight excluding hydrogens is 242 g/mol. The van der Waals surface area contributed by atoms with Crippen molar-refractivity contribution in [3.63, 3.8) is 0 Å². The van der Waals surface area contributed by atoms with Crippen molar-refractivity contribution < 1.29 is 4.74 Å². The number of ether oxygens (including phenoxy) is 1. The summed E-state index contributed by atoms with van der Waals surface area (Å²) in [5.74, 6) is 1.54. The molecule has 0 saturated heterocycles. The monoisotopic (exact) mass is 267 g/mol. The fourth-order valence-corrected chi connectivity index (χ4v) is 1.29. The van der Waals surface area contributed by atoms with E-state index >= 15 is 0 Å². The summed E-state index contributed by atoms with van der Waals surface area (Å²) >= 11 is 0. The molecule has 1 aromatic rings. The molecule has 1 heterocycles. The summed E-state index contributed by atoms with van der Waals surface area (Å²) in [5.41, 5.74) is 0.245. The van der Waals surface area contributed by atoms with E-state index in [-0.39, 0.29) is 5.41 Å². The normalized spacial score (nSPS) is 12.9. The smallest absolute Gasteiger partial charge is 0.323 e. The fourth-order valence-electron chi connectivity index (χ4n) is 1.29. The molecule has 2 N–H and O–H groups in total. The first-order valence-electron chi connectivity index (χ1n) is 6.67. The molecule has 1 unspecified atom stereocenters. The molecule has 19 heavy (non-hydrogen) atoms. The van der Waals surface area contributed by atoms with Crippen LogP contribution in [0.3, 0.4) is 0 Å². The predicted molar refractivity (Wildman–Crippen MR) is 77.7 cm³/mol. The summed E-state index contributed by atoms with van der Waals surface area (Å²) in [5, 5.41) is 6.14. The summed E-state index contributed by atoms with van der Waals surface area (Å²) in [4.78, 5) is 12.6. The number of hydrogen-bond acceptors (Lipinski definition) is 6. The third kappa shape index (κ3) is 4.89. The maximum atomic E-state index is 5.32. The van der Waals surface area contributed by atoms with E-state index < -0.39 is 0 Å². The molecule has 6 nitrogen and oxygen atoms in total. The van der Waals surface area contributed by atoms with E-state index in [1.54, 1.807) is 7.05 Å². The lowest BCUT2D eigenvalue weighted by atomic mass is 9.82. The van der Waals surface area contributed by atoms with E-state index in [4.69, 9.17) is 4.74 Å². The van der Waals surface area contributed by atoms with Gasteiger partial charge < -0.3 is 15.4 Å². The van der Waals surface area contributed by atoms with E-state index in [2.05, 4.69) is 53.3 Å². The van der Waals surface area contributed by atoms with Gasteiger partial charge >= 0.3 is 6.01 Å². The Hall–Kier alpha value is -1.59. The summed E-state index contributed by atoms with van der Waals surface area (Å²) in [6, 6.07) is 0.341. The van der Waals surface area contributed by atoms with Crippen molar-refractivity contribution in [2.45, 2.75) is 34.6 Å². The first-order valence-corrected chi connectivity index (χ1v) is 6.67. The highest BCUT2D eigenvalue weighted by molar-refractivity contribution is 5.35. The van der Waals surface area contributed by atoms with Gasteiger partial charge in [-0.05, 0) is 18.3 Å². The lowest BCUT2D eigenvalue weighted by Gasteiger charge is -2.27. The number of nitrogens with one attached hydrogen (secondary N) is 2. The van der Waals surface area contributed by atoms with E-state index in [9.17, 15) is 0 Å². The minimum atomic E-state index is 0.245. The van der Waals surface area contributed by atoms with Crippen LogP contribution in [0.5, 0.6) is 6.01 Å². The van der Waals surface area contributed by atoms with Gasteiger partial charge in [0.25, 0.3) is 0 Å². The molecule has 0 saturated carbocycles. The Labute approximate surface area is 115 Å². The molecule has 1 atom stereocenters. The molecule has 0 aliphatic carbocycles. The number of nitrogens with zero attached hydrogens (tertiary/aromatic N) is 3. The first kappa shape index (κ1) is 15.5. The Balaban J connectivity index is 2.74. The van der Waals surface area contributed by atoms with Gasteiger partial charge in [0.05, 0.1) is 6.61 Å². The van der Waals surface area contributed by atoms with Gasteiger partial charge in [0.1, 0.15) is 0 Å². The Bertz CT molecular complexity index is 403. The van der Waals surface area contributed by atoms with Crippen molar-refractivity contribution in [1.29, 1.82) is 0 Å². The van der Waals surface area contributed by atoms with Crippen LogP contribution >= 0.6 is 0 Å². The second-order valence-corrected chi connectivity index (χ2v) is 5.60. The molecule has 0 aliphatic heterocycles.